The standard InChI is InChI=1S/C36H18F6N2S4/c37-35(38,39)25-5-1-19(2-6-25)29-13-23(17-43)33(47-29)15-27-9-21-11-32-22(12-31(21)45-27)10-28(46-32)16-34-24(18-44)14-30(48-34)20-3-7-26(8-4-20)36(40,41)42/h1-14H,15-16H2. The van der Waals surface area contributed by atoms with Crippen LogP contribution < -0.4 is 0 Å². The average molecular weight is 721 g/mol. The molecule has 0 fully saturated rings. The molecule has 0 spiro atoms. The highest BCUT2D eigenvalue weighted by Crippen LogP contribution is 2.41. The molecule has 0 radical (unpaired) electrons. The van der Waals surface area contributed by atoms with Crippen molar-refractivity contribution in [3.05, 3.63) is 127 Å². The molecular weight excluding hydrogens is 703 g/mol. The van der Waals surface area contributed by atoms with E-state index in [4.69, 9.17) is 0 Å². The Hall–Kier alpha value is -4.46. The molecule has 3 aromatic carbocycles. The number of nitrogens with zero attached hydrogens (tertiary/aromatic N) is 2. The predicted molar refractivity (Wildman–Crippen MR) is 182 cm³/mol. The zero-order chi connectivity index (χ0) is 33.8. The van der Waals surface area contributed by atoms with E-state index in [1.165, 1.54) is 46.9 Å². The summed E-state index contributed by atoms with van der Waals surface area (Å²) in [7, 11) is 0. The van der Waals surface area contributed by atoms with E-state index in [2.05, 4.69) is 36.4 Å². The fraction of sp³-hybridized carbons (Fsp3) is 0.111. The molecule has 0 saturated carbocycles. The first-order chi connectivity index (χ1) is 22.9. The Morgan fingerprint density at radius 2 is 0.875 bits per heavy atom. The number of halogens is 6. The van der Waals surface area contributed by atoms with Crippen molar-refractivity contribution in [3.8, 4) is 33.0 Å². The molecule has 0 N–H and O–H groups in total. The number of thiophene rings is 4. The van der Waals surface area contributed by atoms with Crippen LogP contribution in [0.25, 0.3) is 41.1 Å². The first-order valence-corrected chi connectivity index (χ1v) is 17.5. The third-order valence-electron chi connectivity index (χ3n) is 7.78. The zero-order valence-corrected chi connectivity index (χ0v) is 27.6. The van der Waals surface area contributed by atoms with Gasteiger partial charge < -0.3 is 0 Å². The zero-order valence-electron chi connectivity index (χ0n) is 24.3. The largest absolute Gasteiger partial charge is 0.416 e. The molecule has 48 heavy (non-hydrogen) atoms. The molecule has 0 unspecified atom stereocenters. The molecule has 4 aromatic heterocycles. The third kappa shape index (κ3) is 6.37. The van der Waals surface area contributed by atoms with E-state index in [1.54, 1.807) is 34.8 Å². The summed E-state index contributed by atoms with van der Waals surface area (Å²) in [6.45, 7) is 0. The predicted octanol–water partition coefficient (Wildman–Crippen LogP) is 12.5. The Labute approximate surface area is 286 Å². The van der Waals surface area contributed by atoms with Crippen molar-refractivity contribution >= 4 is 65.5 Å². The van der Waals surface area contributed by atoms with Gasteiger partial charge in [-0.05, 0) is 82.6 Å². The quantitative estimate of drug-likeness (QED) is 0.161. The molecule has 0 bridgehead atoms. The summed E-state index contributed by atoms with van der Waals surface area (Å²) in [6, 6.07) is 26.3. The van der Waals surface area contributed by atoms with Gasteiger partial charge in [0, 0.05) is 51.5 Å². The maximum atomic E-state index is 13.0. The van der Waals surface area contributed by atoms with Crippen LogP contribution in [0, 0.1) is 22.7 Å². The molecule has 7 rings (SSSR count). The monoisotopic (exact) mass is 720 g/mol. The second-order valence-electron chi connectivity index (χ2n) is 11.0. The van der Waals surface area contributed by atoms with Gasteiger partial charge in [-0.15, -0.1) is 45.3 Å². The van der Waals surface area contributed by atoms with Crippen molar-refractivity contribution in [1.82, 2.24) is 0 Å². The topological polar surface area (TPSA) is 47.6 Å². The van der Waals surface area contributed by atoms with E-state index in [1.807, 2.05) is 0 Å². The van der Waals surface area contributed by atoms with Crippen LogP contribution in [-0.4, -0.2) is 0 Å². The molecule has 0 saturated heterocycles. The number of fused-ring (bicyclic) bond motifs is 2. The van der Waals surface area contributed by atoms with Gasteiger partial charge in [-0.3, -0.25) is 0 Å². The van der Waals surface area contributed by atoms with Crippen LogP contribution in [0.3, 0.4) is 0 Å². The lowest BCUT2D eigenvalue weighted by atomic mass is 10.1. The van der Waals surface area contributed by atoms with E-state index in [9.17, 15) is 36.9 Å². The van der Waals surface area contributed by atoms with Gasteiger partial charge in [-0.1, -0.05) is 24.3 Å². The summed E-state index contributed by atoms with van der Waals surface area (Å²) in [4.78, 5) is 5.30. The normalized spacial score (nSPS) is 12.1. The van der Waals surface area contributed by atoms with E-state index < -0.39 is 23.5 Å². The number of hydrogen-bond acceptors (Lipinski definition) is 6. The molecule has 12 heteroatoms. The lowest BCUT2D eigenvalue weighted by molar-refractivity contribution is -0.138. The Balaban J connectivity index is 1.11. The van der Waals surface area contributed by atoms with Crippen molar-refractivity contribution < 1.29 is 26.3 Å². The molecule has 238 valence electrons. The van der Waals surface area contributed by atoms with Crippen LogP contribution in [-0.2, 0) is 25.2 Å². The molecule has 0 amide bonds. The van der Waals surface area contributed by atoms with Gasteiger partial charge in [-0.2, -0.15) is 36.9 Å². The molecule has 0 atom stereocenters. The highest BCUT2D eigenvalue weighted by molar-refractivity contribution is 7.21. The molecule has 0 aliphatic rings. The minimum atomic E-state index is -4.41. The smallest absolute Gasteiger partial charge is 0.192 e. The van der Waals surface area contributed by atoms with Gasteiger partial charge in [0.05, 0.1) is 22.3 Å². The van der Waals surface area contributed by atoms with Crippen molar-refractivity contribution in [3.63, 3.8) is 0 Å². The lowest BCUT2D eigenvalue weighted by Gasteiger charge is -2.06. The van der Waals surface area contributed by atoms with Crippen LogP contribution >= 0.6 is 45.3 Å². The number of alkyl halides is 6. The Morgan fingerprint density at radius 3 is 1.21 bits per heavy atom. The Morgan fingerprint density at radius 1 is 0.500 bits per heavy atom. The Kier molecular flexibility index (Phi) is 8.17. The summed E-state index contributed by atoms with van der Waals surface area (Å²) < 4.78 is 80.2. The maximum Gasteiger partial charge on any atom is 0.416 e. The van der Waals surface area contributed by atoms with Gasteiger partial charge in [0.25, 0.3) is 0 Å². The van der Waals surface area contributed by atoms with Gasteiger partial charge in [-0.25, -0.2) is 0 Å². The summed E-state index contributed by atoms with van der Waals surface area (Å²) in [5.74, 6) is 0. The highest BCUT2D eigenvalue weighted by atomic mass is 32.1. The summed E-state index contributed by atoms with van der Waals surface area (Å²) in [5, 5.41) is 21.7. The van der Waals surface area contributed by atoms with Crippen molar-refractivity contribution in [2.75, 3.05) is 0 Å². The molecular formula is C36H18F6N2S4. The molecule has 4 heterocycles. The summed E-state index contributed by atoms with van der Waals surface area (Å²) in [6.07, 6.45) is -7.76. The van der Waals surface area contributed by atoms with Crippen LogP contribution in [0.15, 0.2) is 84.9 Å². The SMILES string of the molecule is N#Cc1cc(-c2ccc(C(F)(F)F)cc2)sc1Cc1cc2cc3sc(Cc4sc(-c5ccc(C(F)(F)F)cc5)cc4C#N)cc3cc2s1. The fourth-order valence-electron chi connectivity index (χ4n) is 5.41. The van der Waals surface area contributed by atoms with Crippen LogP contribution in [0.4, 0.5) is 26.3 Å². The Bertz CT molecular complexity index is 2170. The van der Waals surface area contributed by atoms with Gasteiger partial charge in [0.15, 0.2) is 0 Å². The molecule has 2 nitrogen and oxygen atoms in total. The minimum absolute atomic E-state index is 0.504. The van der Waals surface area contributed by atoms with Crippen molar-refractivity contribution in [1.29, 1.82) is 10.5 Å². The van der Waals surface area contributed by atoms with Gasteiger partial charge in [0.1, 0.15) is 12.1 Å². The number of hydrogen-bond donors (Lipinski definition) is 0. The second kappa shape index (κ2) is 12.2. The molecule has 7 aromatic rings. The second-order valence-corrected chi connectivity index (χ2v) is 15.6. The minimum Gasteiger partial charge on any atom is -0.192 e. The molecule has 0 aliphatic heterocycles. The summed E-state index contributed by atoms with van der Waals surface area (Å²) >= 11 is 6.06. The summed E-state index contributed by atoms with van der Waals surface area (Å²) in [5.41, 5.74) is 0.830. The first-order valence-electron chi connectivity index (χ1n) is 14.2. The third-order valence-corrected chi connectivity index (χ3v) is 12.3. The number of benzene rings is 3. The average Bonchev–Trinajstić information content (AvgIpc) is 3.83. The van der Waals surface area contributed by atoms with E-state index in [0.717, 1.165) is 73.7 Å². The lowest BCUT2D eigenvalue weighted by Crippen LogP contribution is -2.03. The fourth-order valence-corrected chi connectivity index (χ4v) is 10.1. The van der Waals surface area contributed by atoms with E-state index >= 15 is 0 Å². The van der Waals surface area contributed by atoms with Crippen LogP contribution in [0.5, 0.6) is 0 Å². The van der Waals surface area contributed by atoms with Crippen molar-refractivity contribution in [2.45, 2.75) is 25.2 Å². The number of nitriles is 2. The maximum absolute atomic E-state index is 13.0. The van der Waals surface area contributed by atoms with Gasteiger partial charge >= 0.3 is 12.4 Å². The number of rotatable bonds is 6. The van der Waals surface area contributed by atoms with Crippen LogP contribution in [0.2, 0.25) is 0 Å². The van der Waals surface area contributed by atoms with Crippen LogP contribution in [0.1, 0.15) is 41.8 Å². The van der Waals surface area contributed by atoms with E-state index in [0.29, 0.717) is 35.1 Å². The molecule has 0 aliphatic carbocycles. The first kappa shape index (κ1) is 32.1. The van der Waals surface area contributed by atoms with Crippen molar-refractivity contribution in [2.24, 2.45) is 0 Å². The van der Waals surface area contributed by atoms with Gasteiger partial charge in [0.2, 0.25) is 0 Å². The van der Waals surface area contributed by atoms with E-state index in [-0.39, 0.29) is 0 Å². The highest BCUT2D eigenvalue weighted by Gasteiger charge is 2.31.